The lowest BCUT2D eigenvalue weighted by Crippen LogP contribution is -1.79. The third kappa shape index (κ3) is 2.43. The normalized spacial score (nSPS) is 9.58. The van der Waals surface area contributed by atoms with Gasteiger partial charge in [0.05, 0.1) is 0 Å². The predicted octanol–water partition coefficient (Wildman–Crippen LogP) is 3.48. The number of hydrogen-bond donors (Lipinski definition) is 1. The van der Waals surface area contributed by atoms with Crippen LogP contribution in [0.25, 0.3) is 6.08 Å². The number of aromatic hydroxyl groups is 1. The first-order valence-corrected chi connectivity index (χ1v) is 4.17. The molecule has 0 saturated heterocycles. The summed E-state index contributed by atoms with van der Waals surface area (Å²) >= 11 is 11.0. The first kappa shape index (κ1) is 9.43. The van der Waals surface area contributed by atoms with Crippen LogP contribution in [0.4, 0.5) is 0 Å². The Morgan fingerprint density at radius 2 is 2.08 bits per heavy atom. The van der Waals surface area contributed by atoms with Crippen molar-refractivity contribution < 1.29 is 5.11 Å². The van der Waals surface area contributed by atoms with Crippen LogP contribution in [0.2, 0.25) is 0 Å². The molecule has 12 heavy (non-hydrogen) atoms. The minimum Gasteiger partial charge on any atom is -0.508 e. The van der Waals surface area contributed by atoms with Crippen LogP contribution in [-0.4, -0.2) is 5.11 Å². The van der Waals surface area contributed by atoms with E-state index in [-0.39, 0.29) is 10.2 Å². The summed E-state index contributed by atoms with van der Waals surface area (Å²) in [5.41, 5.74) is 1.85. The molecular weight excluding hydrogens is 195 g/mol. The minimum atomic E-state index is 0.184. The molecule has 0 aliphatic carbocycles. The molecule has 1 rings (SSSR count). The van der Waals surface area contributed by atoms with E-state index in [0.29, 0.717) is 0 Å². The highest BCUT2D eigenvalue weighted by Crippen LogP contribution is 2.20. The molecule has 0 fully saturated rings. The van der Waals surface area contributed by atoms with Gasteiger partial charge in [0.1, 0.15) is 10.2 Å². The summed E-state index contributed by atoms with van der Waals surface area (Å²) in [6.07, 6.45) is 1.60. The maximum Gasteiger partial charge on any atom is 0.116 e. The molecule has 3 heteroatoms. The van der Waals surface area contributed by atoms with Crippen LogP contribution < -0.4 is 0 Å². The van der Waals surface area contributed by atoms with Crippen molar-refractivity contribution in [1.82, 2.24) is 0 Å². The third-order valence-corrected chi connectivity index (χ3v) is 1.75. The van der Waals surface area contributed by atoms with Crippen molar-refractivity contribution in [3.05, 3.63) is 33.8 Å². The van der Waals surface area contributed by atoms with Gasteiger partial charge >= 0.3 is 0 Å². The standard InChI is InChI=1S/C9H8Cl2O/c1-6-2-3-8(12)4-7(6)5-9(10)11/h2-5,12H,1H3. The molecule has 0 spiro atoms. The molecule has 0 aliphatic heterocycles. The Morgan fingerprint density at radius 3 is 2.67 bits per heavy atom. The second-order valence-corrected chi connectivity index (χ2v) is 3.48. The maximum atomic E-state index is 9.13. The predicted molar refractivity (Wildman–Crippen MR) is 52.5 cm³/mol. The van der Waals surface area contributed by atoms with E-state index in [0.717, 1.165) is 11.1 Å². The molecule has 0 radical (unpaired) electrons. The van der Waals surface area contributed by atoms with Crippen molar-refractivity contribution in [3.8, 4) is 5.75 Å². The summed E-state index contributed by atoms with van der Waals surface area (Å²) in [4.78, 5) is 0. The van der Waals surface area contributed by atoms with Crippen molar-refractivity contribution in [1.29, 1.82) is 0 Å². The summed E-state index contributed by atoms with van der Waals surface area (Å²) in [6, 6.07) is 5.03. The van der Waals surface area contributed by atoms with Crippen molar-refractivity contribution in [2.24, 2.45) is 0 Å². The highest BCUT2D eigenvalue weighted by molar-refractivity contribution is 6.57. The van der Waals surface area contributed by atoms with Gasteiger partial charge in [-0.1, -0.05) is 29.3 Å². The van der Waals surface area contributed by atoms with E-state index in [2.05, 4.69) is 0 Å². The number of hydrogen-bond acceptors (Lipinski definition) is 1. The highest BCUT2D eigenvalue weighted by atomic mass is 35.5. The van der Waals surface area contributed by atoms with Crippen LogP contribution in [0.15, 0.2) is 22.7 Å². The summed E-state index contributed by atoms with van der Waals surface area (Å²) in [5.74, 6) is 0.210. The van der Waals surface area contributed by atoms with Crippen molar-refractivity contribution in [2.75, 3.05) is 0 Å². The van der Waals surface area contributed by atoms with E-state index >= 15 is 0 Å². The topological polar surface area (TPSA) is 20.2 Å². The summed E-state index contributed by atoms with van der Waals surface area (Å²) in [7, 11) is 0. The van der Waals surface area contributed by atoms with Gasteiger partial charge in [-0.25, -0.2) is 0 Å². The zero-order chi connectivity index (χ0) is 9.14. The molecule has 0 saturated carbocycles. The van der Waals surface area contributed by atoms with Crippen LogP contribution in [0.3, 0.4) is 0 Å². The minimum absolute atomic E-state index is 0.184. The van der Waals surface area contributed by atoms with Crippen LogP contribution >= 0.6 is 23.2 Å². The number of aryl methyl sites for hydroxylation is 1. The van der Waals surface area contributed by atoms with E-state index in [9.17, 15) is 0 Å². The average Bonchev–Trinajstić information content (AvgIpc) is 1.96. The molecule has 0 unspecified atom stereocenters. The zero-order valence-electron chi connectivity index (χ0n) is 6.51. The Balaban J connectivity index is 3.14. The number of phenols is 1. The van der Waals surface area contributed by atoms with E-state index in [4.69, 9.17) is 28.3 Å². The molecule has 1 nitrogen and oxygen atoms in total. The van der Waals surface area contributed by atoms with Crippen molar-refractivity contribution in [3.63, 3.8) is 0 Å². The number of rotatable bonds is 1. The Morgan fingerprint density at radius 1 is 1.42 bits per heavy atom. The molecule has 1 aromatic rings. The third-order valence-electron chi connectivity index (χ3n) is 1.53. The first-order valence-electron chi connectivity index (χ1n) is 3.42. The quantitative estimate of drug-likeness (QED) is 0.740. The molecule has 0 aliphatic rings. The molecule has 64 valence electrons. The summed E-state index contributed by atoms with van der Waals surface area (Å²) < 4.78 is 0.184. The van der Waals surface area contributed by atoms with Gasteiger partial charge in [-0.05, 0) is 36.3 Å². The molecule has 0 atom stereocenters. The lowest BCUT2D eigenvalue weighted by atomic mass is 10.1. The van der Waals surface area contributed by atoms with Gasteiger partial charge in [-0.15, -0.1) is 0 Å². The van der Waals surface area contributed by atoms with Gasteiger partial charge in [-0.3, -0.25) is 0 Å². The molecule has 0 amide bonds. The van der Waals surface area contributed by atoms with Crippen LogP contribution in [0, 0.1) is 6.92 Å². The monoisotopic (exact) mass is 202 g/mol. The second-order valence-electron chi connectivity index (χ2n) is 2.47. The SMILES string of the molecule is Cc1ccc(O)cc1C=C(Cl)Cl. The molecular formula is C9H8Cl2O. The van der Waals surface area contributed by atoms with Gasteiger partial charge in [0.15, 0.2) is 0 Å². The fourth-order valence-electron chi connectivity index (χ4n) is 0.901. The first-order chi connectivity index (χ1) is 5.59. The Hall–Kier alpha value is -0.660. The van der Waals surface area contributed by atoms with Crippen molar-refractivity contribution >= 4 is 29.3 Å². The van der Waals surface area contributed by atoms with E-state index in [1.54, 1.807) is 24.3 Å². The van der Waals surface area contributed by atoms with Gasteiger partial charge in [0, 0.05) is 0 Å². The Labute approximate surface area is 81.2 Å². The summed E-state index contributed by atoms with van der Waals surface area (Å²) in [5, 5.41) is 9.13. The zero-order valence-corrected chi connectivity index (χ0v) is 8.02. The van der Waals surface area contributed by atoms with Gasteiger partial charge in [0.25, 0.3) is 0 Å². The fraction of sp³-hybridized carbons (Fsp3) is 0.111. The maximum absolute atomic E-state index is 9.13. The number of halogens is 2. The molecule has 1 aromatic carbocycles. The molecule has 0 aromatic heterocycles. The molecule has 1 N–H and O–H groups in total. The van der Waals surface area contributed by atoms with E-state index in [1.807, 2.05) is 6.92 Å². The number of benzene rings is 1. The van der Waals surface area contributed by atoms with E-state index < -0.39 is 0 Å². The van der Waals surface area contributed by atoms with Crippen molar-refractivity contribution in [2.45, 2.75) is 6.92 Å². The van der Waals surface area contributed by atoms with Gasteiger partial charge in [0.2, 0.25) is 0 Å². The van der Waals surface area contributed by atoms with E-state index in [1.165, 1.54) is 0 Å². The molecule has 0 bridgehead atoms. The Kier molecular flexibility index (Phi) is 3.01. The van der Waals surface area contributed by atoms with Gasteiger partial charge in [-0.2, -0.15) is 0 Å². The average molecular weight is 203 g/mol. The molecule has 0 heterocycles. The highest BCUT2D eigenvalue weighted by Gasteiger charge is 1.96. The fourth-order valence-corrected chi connectivity index (χ4v) is 1.14. The largest absolute Gasteiger partial charge is 0.508 e. The van der Waals surface area contributed by atoms with Crippen LogP contribution in [0.5, 0.6) is 5.75 Å². The smallest absolute Gasteiger partial charge is 0.116 e. The van der Waals surface area contributed by atoms with Crippen LogP contribution in [-0.2, 0) is 0 Å². The number of phenolic OH excluding ortho intramolecular Hbond substituents is 1. The lowest BCUT2D eigenvalue weighted by molar-refractivity contribution is 0.475. The second kappa shape index (κ2) is 3.83. The lowest BCUT2D eigenvalue weighted by Gasteiger charge is -2.00. The van der Waals surface area contributed by atoms with Gasteiger partial charge < -0.3 is 5.11 Å². The Bertz CT molecular complexity index is 314. The summed E-state index contributed by atoms with van der Waals surface area (Å²) in [6.45, 7) is 1.92. The van der Waals surface area contributed by atoms with Crippen LogP contribution in [0.1, 0.15) is 11.1 Å².